The Morgan fingerprint density at radius 3 is 2.70 bits per heavy atom. The number of rotatable bonds is 5. The minimum atomic E-state index is 0.306. The summed E-state index contributed by atoms with van der Waals surface area (Å²) < 4.78 is 0. The van der Waals surface area contributed by atoms with Crippen molar-refractivity contribution < 1.29 is 0 Å². The average Bonchev–Trinajstić information content (AvgIpc) is 2.74. The molecule has 0 bridgehead atoms. The summed E-state index contributed by atoms with van der Waals surface area (Å²) in [6.07, 6.45) is 3.71. The summed E-state index contributed by atoms with van der Waals surface area (Å²) in [7, 11) is 0. The Hall–Kier alpha value is -1.88. The molecule has 0 amide bonds. The molecule has 0 fully saturated rings. The van der Waals surface area contributed by atoms with E-state index in [1.807, 2.05) is 19.2 Å². The van der Waals surface area contributed by atoms with E-state index in [1.165, 1.54) is 10.4 Å². The Morgan fingerprint density at radius 1 is 1.35 bits per heavy atom. The number of hydrogen-bond donors (Lipinski definition) is 2. The van der Waals surface area contributed by atoms with Crippen LogP contribution in [0.4, 0.5) is 17.5 Å². The van der Waals surface area contributed by atoms with E-state index in [2.05, 4.69) is 53.3 Å². The van der Waals surface area contributed by atoms with E-state index in [0.717, 1.165) is 17.1 Å². The Labute approximate surface area is 124 Å². The first-order valence-electron chi connectivity index (χ1n) is 6.59. The molecule has 2 aromatic rings. The Morgan fingerprint density at radius 2 is 2.10 bits per heavy atom. The highest BCUT2D eigenvalue weighted by atomic mass is 32.1. The van der Waals surface area contributed by atoms with Gasteiger partial charge in [-0.3, -0.25) is 0 Å². The molecule has 0 radical (unpaired) electrons. The van der Waals surface area contributed by atoms with Crippen LogP contribution in [-0.2, 0) is 0 Å². The summed E-state index contributed by atoms with van der Waals surface area (Å²) in [5.74, 6) is 1.48. The van der Waals surface area contributed by atoms with Gasteiger partial charge in [0, 0.05) is 28.1 Å². The van der Waals surface area contributed by atoms with Crippen molar-refractivity contribution in [2.24, 2.45) is 0 Å². The van der Waals surface area contributed by atoms with E-state index < -0.39 is 0 Å². The predicted molar refractivity (Wildman–Crippen MR) is 88.0 cm³/mol. The molecular weight excluding hydrogens is 268 g/mol. The van der Waals surface area contributed by atoms with Crippen LogP contribution in [0, 0.1) is 13.8 Å². The standard InChI is InChI=1S/C15H20N4S/c1-6-13-11(5)12(8-20-13)18-14-10(4)7-16-15(19-14)17-9(2)3/h6-9H,1H2,2-5H3,(H2,16,17,18,19). The summed E-state index contributed by atoms with van der Waals surface area (Å²) in [5, 5.41) is 8.68. The molecule has 0 saturated carbocycles. The minimum absolute atomic E-state index is 0.306. The first kappa shape index (κ1) is 14.5. The Balaban J connectivity index is 2.27. The van der Waals surface area contributed by atoms with E-state index in [-0.39, 0.29) is 0 Å². The van der Waals surface area contributed by atoms with E-state index >= 15 is 0 Å². The summed E-state index contributed by atoms with van der Waals surface area (Å²) in [6.45, 7) is 12.0. The number of nitrogens with zero attached hydrogens (tertiary/aromatic N) is 2. The molecule has 2 N–H and O–H groups in total. The third kappa shape index (κ3) is 3.17. The van der Waals surface area contributed by atoms with Gasteiger partial charge in [-0.1, -0.05) is 12.7 Å². The van der Waals surface area contributed by atoms with Crippen molar-refractivity contribution in [3.8, 4) is 0 Å². The zero-order chi connectivity index (χ0) is 14.7. The predicted octanol–water partition coefficient (Wildman–Crippen LogP) is 4.36. The van der Waals surface area contributed by atoms with E-state index in [0.29, 0.717) is 12.0 Å². The third-order valence-corrected chi connectivity index (χ3v) is 3.99. The lowest BCUT2D eigenvalue weighted by Gasteiger charge is -2.12. The van der Waals surface area contributed by atoms with Crippen molar-refractivity contribution in [2.45, 2.75) is 33.7 Å². The van der Waals surface area contributed by atoms with Gasteiger partial charge in [-0.2, -0.15) is 4.98 Å². The molecule has 20 heavy (non-hydrogen) atoms. The first-order valence-corrected chi connectivity index (χ1v) is 7.47. The summed E-state index contributed by atoms with van der Waals surface area (Å²) in [4.78, 5) is 10.00. The van der Waals surface area contributed by atoms with E-state index in [9.17, 15) is 0 Å². The van der Waals surface area contributed by atoms with Gasteiger partial charge in [-0.05, 0) is 33.3 Å². The second kappa shape index (κ2) is 6.05. The van der Waals surface area contributed by atoms with Crippen molar-refractivity contribution in [1.82, 2.24) is 9.97 Å². The van der Waals surface area contributed by atoms with Crippen LogP contribution in [0.25, 0.3) is 6.08 Å². The van der Waals surface area contributed by atoms with Crippen LogP contribution >= 0.6 is 11.3 Å². The van der Waals surface area contributed by atoms with Crippen LogP contribution in [0.2, 0.25) is 0 Å². The third-order valence-electron chi connectivity index (χ3n) is 2.91. The van der Waals surface area contributed by atoms with E-state index in [4.69, 9.17) is 0 Å². The fraction of sp³-hybridized carbons (Fsp3) is 0.333. The number of hydrogen-bond acceptors (Lipinski definition) is 5. The summed E-state index contributed by atoms with van der Waals surface area (Å²) >= 11 is 1.68. The van der Waals surface area contributed by atoms with Gasteiger partial charge >= 0.3 is 0 Å². The molecule has 0 aliphatic heterocycles. The van der Waals surface area contributed by atoms with Crippen LogP contribution in [0.1, 0.15) is 29.9 Å². The number of aryl methyl sites for hydroxylation is 1. The average molecular weight is 288 g/mol. The highest BCUT2D eigenvalue weighted by Gasteiger charge is 2.09. The molecule has 0 aliphatic carbocycles. The van der Waals surface area contributed by atoms with Crippen molar-refractivity contribution in [3.05, 3.63) is 34.2 Å². The fourth-order valence-corrected chi connectivity index (χ4v) is 2.64. The van der Waals surface area contributed by atoms with Gasteiger partial charge in [0.1, 0.15) is 5.82 Å². The lowest BCUT2D eigenvalue weighted by molar-refractivity contribution is 0.873. The highest BCUT2D eigenvalue weighted by Crippen LogP contribution is 2.30. The number of anilines is 3. The lowest BCUT2D eigenvalue weighted by atomic mass is 10.2. The zero-order valence-electron chi connectivity index (χ0n) is 12.3. The van der Waals surface area contributed by atoms with Crippen molar-refractivity contribution in [3.63, 3.8) is 0 Å². The molecule has 0 aromatic carbocycles. The molecule has 0 atom stereocenters. The van der Waals surface area contributed by atoms with Gasteiger partial charge in [-0.15, -0.1) is 11.3 Å². The van der Waals surface area contributed by atoms with Crippen LogP contribution in [0.15, 0.2) is 18.2 Å². The molecule has 0 unspecified atom stereocenters. The SMILES string of the molecule is C=Cc1scc(Nc2nc(NC(C)C)ncc2C)c1C. The van der Waals surface area contributed by atoms with Crippen LogP contribution in [-0.4, -0.2) is 16.0 Å². The van der Waals surface area contributed by atoms with Crippen molar-refractivity contribution in [2.75, 3.05) is 10.6 Å². The quantitative estimate of drug-likeness (QED) is 0.858. The maximum atomic E-state index is 4.53. The minimum Gasteiger partial charge on any atom is -0.352 e. The maximum Gasteiger partial charge on any atom is 0.224 e. The number of thiophene rings is 1. The Kier molecular flexibility index (Phi) is 4.39. The molecule has 4 nitrogen and oxygen atoms in total. The smallest absolute Gasteiger partial charge is 0.224 e. The summed E-state index contributed by atoms with van der Waals surface area (Å²) in [6, 6.07) is 0.306. The lowest BCUT2D eigenvalue weighted by Crippen LogP contribution is -2.13. The summed E-state index contributed by atoms with van der Waals surface area (Å²) in [5.41, 5.74) is 3.29. The van der Waals surface area contributed by atoms with Crippen LogP contribution in [0.5, 0.6) is 0 Å². The van der Waals surface area contributed by atoms with Crippen molar-refractivity contribution in [1.29, 1.82) is 0 Å². The highest BCUT2D eigenvalue weighted by molar-refractivity contribution is 7.11. The second-order valence-corrected chi connectivity index (χ2v) is 5.90. The second-order valence-electron chi connectivity index (χ2n) is 4.99. The molecule has 2 rings (SSSR count). The molecule has 0 aliphatic rings. The monoisotopic (exact) mass is 288 g/mol. The molecular formula is C15H20N4S. The molecule has 0 saturated heterocycles. The Bertz CT molecular complexity index is 616. The van der Waals surface area contributed by atoms with Gasteiger partial charge in [0.2, 0.25) is 5.95 Å². The van der Waals surface area contributed by atoms with Gasteiger partial charge in [-0.25, -0.2) is 4.98 Å². The molecule has 2 aromatic heterocycles. The zero-order valence-corrected chi connectivity index (χ0v) is 13.1. The van der Waals surface area contributed by atoms with Gasteiger partial charge in [0.15, 0.2) is 0 Å². The largest absolute Gasteiger partial charge is 0.352 e. The normalized spacial score (nSPS) is 10.7. The maximum absolute atomic E-state index is 4.53. The number of nitrogens with one attached hydrogen (secondary N) is 2. The topological polar surface area (TPSA) is 49.8 Å². The molecule has 0 spiro atoms. The molecule has 106 valence electrons. The van der Waals surface area contributed by atoms with Gasteiger partial charge in [0.05, 0.1) is 5.69 Å². The molecule has 5 heteroatoms. The van der Waals surface area contributed by atoms with Crippen molar-refractivity contribution >= 4 is 34.9 Å². The van der Waals surface area contributed by atoms with E-state index in [1.54, 1.807) is 11.3 Å². The van der Waals surface area contributed by atoms with Crippen LogP contribution in [0.3, 0.4) is 0 Å². The first-order chi connectivity index (χ1) is 9.51. The molecule has 2 heterocycles. The van der Waals surface area contributed by atoms with Gasteiger partial charge < -0.3 is 10.6 Å². The number of aromatic nitrogens is 2. The fourth-order valence-electron chi connectivity index (χ4n) is 1.78. The van der Waals surface area contributed by atoms with Gasteiger partial charge in [0.25, 0.3) is 0 Å². The van der Waals surface area contributed by atoms with Crippen LogP contribution < -0.4 is 10.6 Å².